The maximum absolute atomic E-state index is 13.0. The molecule has 2 aromatic carbocycles. The number of sulfonamides is 1. The molecule has 0 bridgehead atoms. The van der Waals surface area contributed by atoms with E-state index >= 15 is 0 Å². The second kappa shape index (κ2) is 9.83. The maximum atomic E-state index is 13.0. The highest BCUT2D eigenvalue weighted by atomic mass is 35.5. The number of carbonyl (C=O) groups is 1. The monoisotopic (exact) mass is 456 g/mol. The number of carbonyl (C=O) groups excluding carboxylic acids is 1. The van der Waals surface area contributed by atoms with Crippen LogP contribution in [0, 0.1) is 0 Å². The first-order valence-electron chi connectivity index (χ1n) is 9.41. The molecule has 0 aliphatic rings. The van der Waals surface area contributed by atoms with Gasteiger partial charge >= 0.3 is 0 Å². The van der Waals surface area contributed by atoms with Gasteiger partial charge in [-0.15, -0.1) is 0 Å². The highest BCUT2D eigenvalue weighted by Crippen LogP contribution is 2.29. The highest BCUT2D eigenvalue weighted by molar-refractivity contribution is 7.92. The van der Waals surface area contributed by atoms with Crippen LogP contribution in [0.5, 0.6) is 0 Å². The van der Waals surface area contributed by atoms with E-state index < -0.39 is 16.1 Å². The maximum Gasteiger partial charge on any atom is 0.244 e. The quantitative estimate of drug-likeness (QED) is 0.608. The Kier molecular flexibility index (Phi) is 7.97. The normalized spacial score (nSPS) is 13.6. The van der Waals surface area contributed by atoms with E-state index in [4.69, 9.17) is 23.2 Å². The summed E-state index contributed by atoms with van der Waals surface area (Å²) in [5.74, 6) is -0.388. The Balaban J connectivity index is 2.32. The number of halogens is 2. The Labute approximate surface area is 183 Å². The molecule has 0 spiro atoms. The van der Waals surface area contributed by atoms with Crippen molar-refractivity contribution in [2.75, 3.05) is 10.6 Å². The fourth-order valence-corrected chi connectivity index (χ4v) is 4.87. The highest BCUT2D eigenvalue weighted by Gasteiger charge is 2.32. The average molecular weight is 457 g/mol. The Morgan fingerprint density at radius 3 is 2.07 bits per heavy atom. The molecule has 2 atom stereocenters. The van der Waals surface area contributed by atoms with Crippen LogP contribution in [0.15, 0.2) is 42.5 Å². The SMILES string of the molecule is CCc1ccc([C@@H](C)NC(=O)[C@H](CC)N(c2cc(Cl)cc(Cl)c2)S(C)(=O)=O)cc1. The van der Waals surface area contributed by atoms with Crippen molar-refractivity contribution in [3.8, 4) is 0 Å². The molecule has 29 heavy (non-hydrogen) atoms. The minimum absolute atomic E-state index is 0.256. The van der Waals surface area contributed by atoms with Crippen molar-refractivity contribution in [3.63, 3.8) is 0 Å². The Morgan fingerprint density at radius 2 is 1.62 bits per heavy atom. The van der Waals surface area contributed by atoms with Gasteiger partial charge in [0.2, 0.25) is 15.9 Å². The summed E-state index contributed by atoms with van der Waals surface area (Å²) in [6, 6.07) is 11.2. The molecule has 5 nitrogen and oxygen atoms in total. The number of anilines is 1. The zero-order valence-corrected chi connectivity index (χ0v) is 19.3. The Bertz CT molecular complexity index is 942. The van der Waals surface area contributed by atoms with Crippen molar-refractivity contribution in [3.05, 3.63) is 63.6 Å². The zero-order chi connectivity index (χ0) is 21.8. The summed E-state index contributed by atoms with van der Waals surface area (Å²) >= 11 is 12.1. The molecule has 0 aliphatic carbocycles. The van der Waals surface area contributed by atoms with Gasteiger partial charge in [0.15, 0.2) is 0 Å². The molecule has 1 amide bonds. The largest absolute Gasteiger partial charge is 0.348 e. The van der Waals surface area contributed by atoms with E-state index in [1.165, 1.54) is 23.8 Å². The predicted octanol–water partition coefficient (Wildman–Crippen LogP) is 4.98. The molecular formula is C21H26Cl2N2O3S. The van der Waals surface area contributed by atoms with E-state index in [2.05, 4.69) is 12.2 Å². The van der Waals surface area contributed by atoms with Crippen molar-refractivity contribution in [1.82, 2.24) is 5.32 Å². The smallest absolute Gasteiger partial charge is 0.244 e. The van der Waals surface area contributed by atoms with Crippen LogP contribution < -0.4 is 9.62 Å². The van der Waals surface area contributed by atoms with Gasteiger partial charge in [-0.25, -0.2) is 8.42 Å². The Morgan fingerprint density at radius 1 is 1.07 bits per heavy atom. The Hall–Kier alpha value is -1.76. The molecule has 0 saturated carbocycles. The van der Waals surface area contributed by atoms with Crippen LogP contribution in [0.25, 0.3) is 0 Å². The summed E-state index contributed by atoms with van der Waals surface area (Å²) in [7, 11) is -3.76. The summed E-state index contributed by atoms with van der Waals surface area (Å²) in [6.07, 6.45) is 2.28. The first-order valence-corrected chi connectivity index (χ1v) is 12.0. The molecular weight excluding hydrogens is 431 g/mol. The second-order valence-corrected chi connectivity index (χ2v) is 9.67. The lowest BCUT2D eigenvalue weighted by atomic mass is 10.0. The van der Waals surface area contributed by atoms with Gasteiger partial charge in [-0.3, -0.25) is 9.10 Å². The lowest BCUT2D eigenvalue weighted by Gasteiger charge is -2.31. The summed E-state index contributed by atoms with van der Waals surface area (Å²) in [5, 5.41) is 3.51. The molecule has 8 heteroatoms. The number of hydrogen-bond acceptors (Lipinski definition) is 3. The third-order valence-corrected chi connectivity index (χ3v) is 6.29. The molecule has 2 aromatic rings. The molecule has 0 aliphatic heterocycles. The minimum atomic E-state index is -3.76. The summed E-state index contributed by atoms with van der Waals surface area (Å²) in [6.45, 7) is 5.70. The molecule has 0 aromatic heterocycles. The molecule has 1 N–H and O–H groups in total. The lowest BCUT2D eigenvalue weighted by Crippen LogP contribution is -2.49. The van der Waals surface area contributed by atoms with Gasteiger partial charge in [0.05, 0.1) is 18.0 Å². The number of rotatable bonds is 8. The van der Waals surface area contributed by atoms with E-state index in [9.17, 15) is 13.2 Å². The number of hydrogen-bond donors (Lipinski definition) is 1. The third kappa shape index (κ3) is 6.11. The fraction of sp³-hybridized carbons (Fsp3) is 0.381. The third-order valence-electron chi connectivity index (χ3n) is 4.68. The summed E-state index contributed by atoms with van der Waals surface area (Å²) in [5.41, 5.74) is 2.41. The van der Waals surface area contributed by atoms with E-state index in [-0.39, 0.29) is 24.1 Å². The van der Waals surface area contributed by atoms with Crippen molar-refractivity contribution in [1.29, 1.82) is 0 Å². The van der Waals surface area contributed by atoms with Gasteiger partial charge in [-0.2, -0.15) is 0 Å². The lowest BCUT2D eigenvalue weighted by molar-refractivity contribution is -0.122. The predicted molar refractivity (Wildman–Crippen MR) is 120 cm³/mol. The zero-order valence-electron chi connectivity index (χ0n) is 16.9. The number of amides is 1. The number of benzene rings is 2. The van der Waals surface area contributed by atoms with Crippen LogP contribution in [0.3, 0.4) is 0 Å². The fourth-order valence-electron chi connectivity index (χ4n) is 3.16. The van der Waals surface area contributed by atoms with E-state index in [1.54, 1.807) is 6.92 Å². The van der Waals surface area contributed by atoms with Gasteiger partial charge in [-0.05, 0) is 49.1 Å². The van der Waals surface area contributed by atoms with Gasteiger partial charge in [0.25, 0.3) is 0 Å². The molecule has 0 heterocycles. The van der Waals surface area contributed by atoms with E-state index in [1.807, 2.05) is 31.2 Å². The average Bonchev–Trinajstić information content (AvgIpc) is 2.63. The van der Waals surface area contributed by atoms with Crippen LogP contribution in [-0.2, 0) is 21.2 Å². The van der Waals surface area contributed by atoms with Gasteiger partial charge in [0.1, 0.15) is 6.04 Å². The van der Waals surface area contributed by atoms with E-state index in [0.29, 0.717) is 10.0 Å². The molecule has 0 saturated heterocycles. The van der Waals surface area contributed by atoms with Gasteiger partial charge < -0.3 is 5.32 Å². The molecule has 0 fully saturated rings. The van der Waals surface area contributed by atoms with Crippen molar-refractivity contribution in [2.45, 2.75) is 45.7 Å². The summed E-state index contributed by atoms with van der Waals surface area (Å²) < 4.78 is 26.2. The van der Waals surface area contributed by atoms with Crippen molar-refractivity contribution >= 4 is 44.8 Å². The first kappa shape index (κ1) is 23.5. The van der Waals surface area contributed by atoms with Crippen molar-refractivity contribution in [2.24, 2.45) is 0 Å². The summed E-state index contributed by atoms with van der Waals surface area (Å²) in [4.78, 5) is 13.0. The number of nitrogens with one attached hydrogen (secondary N) is 1. The van der Waals surface area contributed by atoms with Crippen LogP contribution in [0.4, 0.5) is 5.69 Å². The standard InChI is InChI=1S/C21H26Cl2N2O3S/c1-5-15-7-9-16(10-8-15)14(3)24-21(26)20(6-2)25(29(4,27)28)19-12-17(22)11-18(23)13-19/h7-14,20H,5-6H2,1-4H3,(H,24,26)/t14-,20+/m1/s1. The van der Waals surface area contributed by atoms with Crippen LogP contribution in [0.2, 0.25) is 10.0 Å². The molecule has 0 radical (unpaired) electrons. The van der Waals surface area contributed by atoms with E-state index in [0.717, 1.165) is 22.5 Å². The second-order valence-electron chi connectivity index (χ2n) is 6.94. The number of nitrogens with zero attached hydrogens (tertiary/aromatic N) is 1. The van der Waals surface area contributed by atoms with Crippen LogP contribution in [0.1, 0.15) is 44.4 Å². The topological polar surface area (TPSA) is 66.5 Å². The first-order chi connectivity index (χ1) is 13.6. The van der Waals surface area contributed by atoms with Crippen LogP contribution in [-0.4, -0.2) is 26.6 Å². The molecule has 158 valence electrons. The van der Waals surface area contributed by atoms with Crippen LogP contribution >= 0.6 is 23.2 Å². The van der Waals surface area contributed by atoms with Gasteiger partial charge in [-0.1, -0.05) is 61.3 Å². The number of aryl methyl sites for hydroxylation is 1. The minimum Gasteiger partial charge on any atom is -0.348 e. The van der Waals surface area contributed by atoms with Crippen molar-refractivity contribution < 1.29 is 13.2 Å². The molecule has 2 rings (SSSR count). The molecule has 0 unspecified atom stereocenters. The van der Waals surface area contributed by atoms with Gasteiger partial charge in [0, 0.05) is 10.0 Å².